The summed E-state index contributed by atoms with van der Waals surface area (Å²) in [5.74, 6) is 0.0377. The molecule has 0 aliphatic heterocycles. The van der Waals surface area contributed by atoms with Crippen molar-refractivity contribution in [2.45, 2.75) is 18.2 Å². The van der Waals surface area contributed by atoms with Crippen LogP contribution in [-0.2, 0) is 22.6 Å². The molecule has 6 nitrogen and oxygen atoms in total. The van der Waals surface area contributed by atoms with E-state index in [1.54, 1.807) is 23.8 Å². The molecule has 9 heteroatoms. The lowest BCUT2D eigenvalue weighted by atomic mass is 10.2. The Hall–Kier alpha value is -1.87. The summed E-state index contributed by atoms with van der Waals surface area (Å²) in [5.41, 5.74) is 1.52. The Kier molecular flexibility index (Phi) is 6.89. The molecule has 2 aromatic heterocycles. The van der Waals surface area contributed by atoms with Gasteiger partial charge in [-0.1, -0.05) is 35.5 Å². The van der Waals surface area contributed by atoms with Crippen LogP contribution in [0.1, 0.15) is 5.56 Å². The SMILES string of the molecule is COCCn1c(SCC(=O)NCc2ccc(Cl)cc2)nc2ccsc2c1=O. The van der Waals surface area contributed by atoms with Gasteiger partial charge >= 0.3 is 0 Å². The van der Waals surface area contributed by atoms with Gasteiger partial charge in [0.25, 0.3) is 5.56 Å². The molecular weight excluding hydrogens is 406 g/mol. The number of nitrogens with one attached hydrogen (secondary N) is 1. The van der Waals surface area contributed by atoms with Crippen LogP contribution in [0.15, 0.2) is 45.7 Å². The van der Waals surface area contributed by atoms with Crippen molar-refractivity contribution in [2.24, 2.45) is 0 Å². The molecule has 2 heterocycles. The molecule has 0 atom stereocenters. The minimum Gasteiger partial charge on any atom is -0.383 e. The van der Waals surface area contributed by atoms with Gasteiger partial charge in [-0.25, -0.2) is 4.98 Å². The van der Waals surface area contributed by atoms with E-state index in [-0.39, 0.29) is 17.2 Å². The minimum atomic E-state index is -0.132. The number of ether oxygens (including phenoxy) is 1. The molecule has 0 radical (unpaired) electrons. The monoisotopic (exact) mass is 423 g/mol. The Morgan fingerprint density at radius 3 is 2.85 bits per heavy atom. The summed E-state index contributed by atoms with van der Waals surface area (Å²) in [4.78, 5) is 29.4. The first kappa shape index (κ1) is 19.9. The Morgan fingerprint density at radius 1 is 1.33 bits per heavy atom. The lowest BCUT2D eigenvalue weighted by Gasteiger charge is -2.11. The van der Waals surface area contributed by atoms with Gasteiger partial charge < -0.3 is 10.1 Å². The molecule has 0 aliphatic carbocycles. The van der Waals surface area contributed by atoms with E-state index in [1.807, 2.05) is 23.6 Å². The van der Waals surface area contributed by atoms with Crippen molar-refractivity contribution in [3.8, 4) is 0 Å². The molecule has 3 rings (SSSR count). The fourth-order valence-electron chi connectivity index (χ4n) is 2.40. The van der Waals surface area contributed by atoms with Gasteiger partial charge in [0.05, 0.1) is 24.4 Å². The van der Waals surface area contributed by atoms with Crippen molar-refractivity contribution < 1.29 is 9.53 Å². The number of methoxy groups -OCH3 is 1. The third-order valence-electron chi connectivity index (χ3n) is 3.79. The predicted molar refractivity (Wildman–Crippen MR) is 110 cm³/mol. The van der Waals surface area contributed by atoms with Crippen LogP contribution in [0.5, 0.6) is 0 Å². The smallest absolute Gasteiger partial charge is 0.272 e. The largest absolute Gasteiger partial charge is 0.383 e. The van der Waals surface area contributed by atoms with E-state index in [9.17, 15) is 9.59 Å². The fourth-order valence-corrected chi connectivity index (χ4v) is 4.16. The molecule has 1 N–H and O–H groups in total. The lowest BCUT2D eigenvalue weighted by molar-refractivity contribution is -0.118. The van der Waals surface area contributed by atoms with Crippen LogP contribution < -0.4 is 10.9 Å². The highest BCUT2D eigenvalue weighted by atomic mass is 35.5. The van der Waals surface area contributed by atoms with Crippen molar-refractivity contribution >= 4 is 50.8 Å². The summed E-state index contributed by atoms with van der Waals surface area (Å²) >= 11 is 8.47. The van der Waals surface area contributed by atoms with Crippen molar-refractivity contribution in [3.05, 3.63) is 56.7 Å². The Balaban J connectivity index is 1.67. The topological polar surface area (TPSA) is 73.2 Å². The third-order valence-corrected chi connectivity index (χ3v) is 5.91. The molecule has 0 spiro atoms. The van der Waals surface area contributed by atoms with Gasteiger partial charge in [0.2, 0.25) is 5.91 Å². The number of thiophene rings is 1. The molecule has 142 valence electrons. The van der Waals surface area contributed by atoms with Crippen LogP contribution in [-0.4, -0.2) is 34.9 Å². The molecule has 0 saturated carbocycles. The first-order valence-corrected chi connectivity index (χ1v) is 10.4. The molecule has 1 amide bonds. The molecule has 1 aromatic carbocycles. The number of benzene rings is 1. The highest BCUT2D eigenvalue weighted by molar-refractivity contribution is 7.99. The number of amides is 1. The van der Waals surface area contributed by atoms with Gasteiger partial charge in [0.15, 0.2) is 5.16 Å². The first-order chi connectivity index (χ1) is 13.1. The molecule has 27 heavy (non-hydrogen) atoms. The highest BCUT2D eigenvalue weighted by Gasteiger charge is 2.14. The van der Waals surface area contributed by atoms with Crippen LogP contribution >= 0.6 is 34.7 Å². The van der Waals surface area contributed by atoms with Gasteiger partial charge in [-0.05, 0) is 29.1 Å². The minimum absolute atomic E-state index is 0.101. The van der Waals surface area contributed by atoms with Crippen molar-refractivity contribution in [1.29, 1.82) is 0 Å². The zero-order valence-electron chi connectivity index (χ0n) is 14.6. The first-order valence-electron chi connectivity index (χ1n) is 8.19. The summed E-state index contributed by atoms with van der Waals surface area (Å²) in [6, 6.07) is 9.11. The molecule has 0 fully saturated rings. The van der Waals surface area contributed by atoms with Crippen molar-refractivity contribution in [1.82, 2.24) is 14.9 Å². The van der Waals surface area contributed by atoms with Gasteiger partial charge in [0.1, 0.15) is 4.70 Å². The maximum Gasteiger partial charge on any atom is 0.272 e. The van der Waals surface area contributed by atoms with Crippen LogP contribution in [0.2, 0.25) is 5.02 Å². The summed E-state index contributed by atoms with van der Waals surface area (Å²) in [7, 11) is 1.58. The van der Waals surface area contributed by atoms with Crippen LogP contribution in [0, 0.1) is 0 Å². The maximum absolute atomic E-state index is 12.7. The van der Waals surface area contributed by atoms with Gasteiger partial charge in [-0.2, -0.15) is 0 Å². The van der Waals surface area contributed by atoms with E-state index in [4.69, 9.17) is 16.3 Å². The van der Waals surface area contributed by atoms with E-state index in [2.05, 4.69) is 10.3 Å². The van der Waals surface area contributed by atoms with Gasteiger partial charge in [-0.15, -0.1) is 11.3 Å². The summed E-state index contributed by atoms with van der Waals surface area (Å²) in [5, 5.41) is 5.87. The number of nitrogens with zero attached hydrogens (tertiary/aromatic N) is 2. The molecule has 0 aliphatic rings. The summed E-state index contributed by atoms with van der Waals surface area (Å²) < 4.78 is 7.27. The Labute approximate surface area is 169 Å². The predicted octanol–water partition coefficient (Wildman–Crippen LogP) is 3.17. The number of fused-ring (bicyclic) bond motifs is 1. The standard InChI is InChI=1S/C18H18ClN3O3S2/c1-25-8-7-22-17(24)16-14(6-9-26-16)21-18(22)27-11-15(23)20-10-12-2-4-13(19)5-3-12/h2-6,9H,7-8,10-11H2,1H3,(H,20,23). The van der Waals surface area contributed by atoms with Crippen molar-refractivity contribution in [3.63, 3.8) is 0 Å². The number of carbonyl (C=O) groups is 1. The van der Waals surface area contributed by atoms with Crippen LogP contribution in [0.3, 0.4) is 0 Å². The molecule has 0 unspecified atom stereocenters. The quantitative estimate of drug-likeness (QED) is 0.445. The number of halogens is 1. The Bertz CT molecular complexity index is 986. The number of rotatable bonds is 8. The van der Waals surface area contributed by atoms with Crippen LogP contribution in [0.4, 0.5) is 0 Å². The second kappa shape index (κ2) is 9.36. The average molecular weight is 424 g/mol. The fraction of sp³-hybridized carbons (Fsp3) is 0.278. The summed E-state index contributed by atoms with van der Waals surface area (Å²) in [6.45, 7) is 1.21. The molecule has 0 saturated heterocycles. The maximum atomic E-state index is 12.7. The zero-order valence-corrected chi connectivity index (χ0v) is 17.0. The third kappa shape index (κ3) is 5.10. The Morgan fingerprint density at radius 2 is 2.11 bits per heavy atom. The molecular formula is C18H18ClN3O3S2. The number of hydrogen-bond acceptors (Lipinski definition) is 6. The number of hydrogen-bond donors (Lipinski definition) is 1. The van der Waals surface area contributed by atoms with E-state index >= 15 is 0 Å². The second-order valence-corrected chi connectivity index (χ2v) is 7.97. The molecule has 0 bridgehead atoms. The number of carbonyl (C=O) groups excluding carboxylic acids is 1. The van der Waals surface area contributed by atoms with E-state index in [0.29, 0.717) is 40.1 Å². The highest BCUT2D eigenvalue weighted by Crippen LogP contribution is 2.20. The van der Waals surface area contributed by atoms with E-state index in [1.165, 1.54) is 23.1 Å². The van der Waals surface area contributed by atoms with E-state index in [0.717, 1.165) is 5.56 Å². The summed E-state index contributed by atoms with van der Waals surface area (Å²) in [6.07, 6.45) is 0. The normalized spacial score (nSPS) is 11.0. The average Bonchev–Trinajstić information content (AvgIpc) is 3.14. The van der Waals surface area contributed by atoms with Gasteiger partial charge in [-0.3, -0.25) is 14.2 Å². The second-order valence-electron chi connectivity index (χ2n) is 5.67. The van der Waals surface area contributed by atoms with E-state index < -0.39 is 0 Å². The number of thioether (sulfide) groups is 1. The van der Waals surface area contributed by atoms with Gasteiger partial charge in [0, 0.05) is 18.7 Å². The molecule has 3 aromatic rings. The zero-order chi connectivity index (χ0) is 19.2. The van der Waals surface area contributed by atoms with Crippen molar-refractivity contribution in [2.75, 3.05) is 19.5 Å². The number of aromatic nitrogens is 2. The van der Waals surface area contributed by atoms with Crippen LogP contribution in [0.25, 0.3) is 10.2 Å². The lowest BCUT2D eigenvalue weighted by Crippen LogP contribution is -2.27.